The van der Waals surface area contributed by atoms with Crippen LogP contribution in [-0.2, 0) is 4.79 Å². The Labute approximate surface area is 137 Å². The Balaban J connectivity index is 2.06. The molecule has 1 aromatic carbocycles. The minimum atomic E-state index is -0.684. The Morgan fingerprint density at radius 2 is 1.96 bits per heavy atom. The predicted octanol–water partition coefficient (Wildman–Crippen LogP) is 1.01. The van der Waals surface area contributed by atoms with Crippen LogP contribution in [0.25, 0.3) is 22.3 Å². The molecule has 0 saturated carbocycles. The molecule has 2 aromatic heterocycles. The maximum absolute atomic E-state index is 11.5. The van der Waals surface area contributed by atoms with Gasteiger partial charge in [0.15, 0.2) is 5.82 Å². The van der Waals surface area contributed by atoms with Gasteiger partial charge in [-0.1, -0.05) is 0 Å². The summed E-state index contributed by atoms with van der Waals surface area (Å²) < 4.78 is 0. The topological polar surface area (TPSA) is 140 Å². The summed E-state index contributed by atoms with van der Waals surface area (Å²) in [4.78, 5) is 34.4. The van der Waals surface area contributed by atoms with Gasteiger partial charge in [0, 0.05) is 28.7 Å². The van der Waals surface area contributed by atoms with E-state index in [2.05, 4.69) is 20.3 Å². The third-order valence-corrected chi connectivity index (χ3v) is 3.58. The SMILES string of the molecule is CC(Nc1cc(C(N)=O)nc(-c2ccc3[nH]ccc3c2)n1)C(N)=O. The van der Waals surface area contributed by atoms with E-state index in [0.717, 1.165) is 16.5 Å². The number of hydrogen-bond donors (Lipinski definition) is 4. The van der Waals surface area contributed by atoms with Gasteiger partial charge in [0.05, 0.1) is 0 Å². The van der Waals surface area contributed by atoms with Crippen molar-refractivity contribution in [3.05, 3.63) is 42.2 Å². The number of fused-ring (bicyclic) bond motifs is 1. The summed E-state index contributed by atoms with van der Waals surface area (Å²) in [5.74, 6) is -0.594. The zero-order chi connectivity index (χ0) is 17.3. The molecular weight excluding hydrogens is 308 g/mol. The van der Waals surface area contributed by atoms with Gasteiger partial charge < -0.3 is 21.8 Å². The number of primary amides is 2. The number of carbonyl (C=O) groups excluding carboxylic acids is 2. The first-order valence-electron chi connectivity index (χ1n) is 7.26. The zero-order valence-electron chi connectivity index (χ0n) is 12.9. The van der Waals surface area contributed by atoms with Crippen LogP contribution in [0, 0.1) is 0 Å². The quantitative estimate of drug-likeness (QED) is 0.554. The number of nitrogens with two attached hydrogens (primary N) is 2. The lowest BCUT2D eigenvalue weighted by Gasteiger charge is -2.12. The number of aromatic nitrogens is 3. The molecule has 0 aliphatic carbocycles. The van der Waals surface area contributed by atoms with E-state index in [1.165, 1.54) is 6.07 Å². The van der Waals surface area contributed by atoms with Crippen LogP contribution < -0.4 is 16.8 Å². The predicted molar refractivity (Wildman–Crippen MR) is 90.1 cm³/mol. The molecule has 24 heavy (non-hydrogen) atoms. The number of aromatic amines is 1. The van der Waals surface area contributed by atoms with E-state index in [9.17, 15) is 9.59 Å². The third kappa shape index (κ3) is 3.02. The van der Waals surface area contributed by atoms with E-state index in [1.807, 2.05) is 30.5 Å². The van der Waals surface area contributed by atoms with Gasteiger partial charge in [0.1, 0.15) is 17.6 Å². The second-order valence-electron chi connectivity index (χ2n) is 5.37. The molecule has 122 valence electrons. The molecule has 2 amide bonds. The van der Waals surface area contributed by atoms with E-state index in [1.54, 1.807) is 6.92 Å². The van der Waals surface area contributed by atoms with Crippen molar-refractivity contribution in [1.29, 1.82) is 0 Å². The first-order chi connectivity index (χ1) is 11.4. The fraction of sp³-hybridized carbons (Fsp3) is 0.125. The Bertz CT molecular complexity index is 933. The maximum atomic E-state index is 11.5. The average Bonchev–Trinajstić information content (AvgIpc) is 3.01. The first kappa shape index (κ1) is 15.5. The summed E-state index contributed by atoms with van der Waals surface area (Å²) in [7, 11) is 0. The van der Waals surface area contributed by atoms with Gasteiger partial charge >= 0.3 is 0 Å². The summed E-state index contributed by atoms with van der Waals surface area (Å²) in [5, 5.41) is 3.83. The molecule has 2 heterocycles. The highest BCUT2D eigenvalue weighted by Crippen LogP contribution is 2.23. The number of nitrogens with one attached hydrogen (secondary N) is 2. The van der Waals surface area contributed by atoms with Gasteiger partial charge in [-0.15, -0.1) is 0 Å². The normalized spacial score (nSPS) is 12.0. The highest BCUT2D eigenvalue weighted by atomic mass is 16.1. The molecule has 1 unspecified atom stereocenters. The molecule has 8 heteroatoms. The monoisotopic (exact) mass is 324 g/mol. The highest BCUT2D eigenvalue weighted by molar-refractivity contribution is 5.92. The lowest BCUT2D eigenvalue weighted by molar-refractivity contribution is -0.118. The minimum Gasteiger partial charge on any atom is -0.368 e. The van der Waals surface area contributed by atoms with Crippen molar-refractivity contribution in [1.82, 2.24) is 15.0 Å². The number of nitrogens with zero attached hydrogens (tertiary/aromatic N) is 2. The van der Waals surface area contributed by atoms with Gasteiger partial charge in [0.2, 0.25) is 5.91 Å². The molecule has 0 fully saturated rings. The Kier molecular flexibility index (Phi) is 3.87. The third-order valence-electron chi connectivity index (χ3n) is 3.58. The van der Waals surface area contributed by atoms with E-state index >= 15 is 0 Å². The van der Waals surface area contributed by atoms with Gasteiger partial charge in [-0.2, -0.15) is 0 Å². The molecular formula is C16H16N6O2. The van der Waals surface area contributed by atoms with Crippen LogP contribution in [0.2, 0.25) is 0 Å². The second-order valence-corrected chi connectivity index (χ2v) is 5.37. The number of hydrogen-bond acceptors (Lipinski definition) is 5. The lowest BCUT2D eigenvalue weighted by atomic mass is 10.1. The highest BCUT2D eigenvalue weighted by Gasteiger charge is 2.14. The summed E-state index contributed by atoms with van der Waals surface area (Å²) in [6, 6.07) is 8.28. The molecule has 1 atom stereocenters. The van der Waals surface area contributed by atoms with Crippen LogP contribution in [0.1, 0.15) is 17.4 Å². The largest absolute Gasteiger partial charge is 0.368 e. The number of anilines is 1. The fourth-order valence-corrected chi connectivity index (χ4v) is 2.26. The van der Waals surface area contributed by atoms with Gasteiger partial charge in [-0.05, 0) is 31.2 Å². The standard InChI is InChI=1S/C16H16N6O2/c1-8(14(17)23)20-13-7-12(15(18)24)21-16(22-13)10-2-3-11-9(6-10)4-5-19-11/h2-8,19H,1H3,(H2,17,23)(H2,18,24)(H,20,21,22). The van der Waals surface area contributed by atoms with Crippen LogP contribution in [-0.4, -0.2) is 32.8 Å². The van der Waals surface area contributed by atoms with E-state index in [4.69, 9.17) is 11.5 Å². The lowest BCUT2D eigenvalue weighted by Crippen LogP contribution is -2.33. The molecule has 3 rings (SSSR count). The molecule has 0 spiro atoms. The van der Waals surface area contributed by atoms with E-state index in [0.29, 0.717) is 11.6 Å². The summed E-state index contributed by atoms with van der Waals surface area (Å²) in [5.41, 5.74) is 12.3. The maximum Gasteiger partial charge on any atom is 0.267 e. The molecule has 6 N–H and O–H groups in total. The van der Waals surface area contributed by atoms with Crippen LogP contribution in [0.5, 0.6) is 0 Å². The van der Waals surface area contributed by atoms with E-state index < -0.39 is 17.9 Å². The van der Waals surface area contributed by atoms with Crippen LogP contribution in [0.15, 0.2) is 36.5 Å². The molecule has 0 aliphatic rings. The molecule has 8 nitrogen and oxygen atoms in total. The summed E-state index contributed by atoms with van der Waals surface area (Å²) in [6.07, 6.45) is 1.83. The van der Waals surface area contributed by atoms with Gasteiger partial charge in [-0.25, -0.2) is 9.97 Å². The van der Waals surface area contributed by atoms with Crippen molar-refractivity contribution in [3.63, 3.8) is 0 Å². The Hall–Kier alpha value is -3.42. The van der Waals surface area contributed by atoms with Crippen molar-refractivity contribution in [2.75, 3.05) is 5.32 Å². The van der Waals surface area contributed by atoms with Crippen molar-refractivity contribution in [2.45, 2.75) is 13.0 Å². The Morgan fingerprint density at radius 3 is 2.67 bits per heavy atom. The number of amides is 2. The number of carbonyl (C=O) groups is 2. The molecule has 3 aromatic rings. The number of rotatable bonds is 5. The van der Waals surface area contributed by atoms with Crippen molar-refractivity contribution in [3.8, 4) is 11.4 Å². The minimum absolute atomic E-state index is 0.0494. The van der Waals surface area contributed by atoms with Crippen LogP contribution in [0.3, 0.4) is 0 Å². The number of benzene rings is 1. The fourth-order valence-electron chi connectivity index (χ4n) is 2.26. The smallest absolute Gasteiger partial charge is 0.267 e. The van der Waals surface area contributed by atoms with Crippen LogP contribution in [0.4, 0.5) is 5.82 Å². The average molecular weight is 324 g/mol. The van der Waals surface area contributed by atoms with Crippen LogP contribution >= 0.6 is 0 Å². The first-order valence-corrected chi connectivity index (χ1v) is 7.26. The second kappa shape index (κ2) is 5.99. The zero-order valence-corrected chi connectivity index (χ0v) is 12.9. The molecule has 0 saturated heterocycles. The van der Waals surface area contributed by atoms with Gasteiger partial charge in [0.25, 0.3) is 5.91 Å². The summed E-state index contributed by atoms with van der Waals surface area (Å²) in [6.45, 7) is 1.60. The molecule has 0 bridgehead atoms. The summed E-state index contributed by atoms with van der Waals surface area (Å²) >= 11 is 0. The Morgan fingerprint density at radius 1 is 1.17 bits per heavy atom. The van der Waals surface area contributed by atoms with Gasteiger partial charge in [-0.3, -0.25) is 9.59 Å². The molecule has 0 aliphatic heterocycles. The van der Waals surface area contributed by atoms with Crippen molar-refractivity contribution >= 4 is 28.5 Å². The number of H-pyrrole nitrogens is 1. The van der Waals surface area contributed by atoms with Crippen molar-refractivity contribution in [2.24, 2.45) is 11.5 Å². The molecule has 0 radical (unpaired) electrons. The van der Waals surface area contributed by atoms with Crippen molar-refractivity contribution < 1.29 is 9.59 Å². The van der Waals surface area contributed by atoms with E-state index in [-0.39, 0.29) is 5.69 Å².